The quantitative estimate of drug-likeness (QED) is 0.780. The van der Waals surface area contributed by atoms with Gasteiger partial charge in [0.2, 0.25) is 0 Å². The molecule has 2 heteroatoms. The van der Waals surface area contributed by atoms with E-state index in [1.165, 1.54) is 5.56 Å². The lowest BCUT2D eigenvalue weighted by Crippen LogP contribution is -2.11. The van der Waals surface area contributed by atoms with Crippen LogP contribution in [-0.4, -0.2) is 13.2 Å². The summed E-state index contributed by atoms with van der Waals surface area (Å²) >= 11 is 0. The second-order valence-corrected chi connectivity index (χ2v) is 3.48. The van der Waals surface area contributed by atoms with Crippen LogP contribution in [0.5, 0.6) is 5.75 Å². The van der Waals surface area contributed by atoms with Crippen LogP contribution in [-0.2, 0) is 0 Å². The van der Waals surface area contributed by atoms with E-state index in [-0.39, 0.29) is 0 Å². The first-order valence-electron chi connectivity index (χ1n) is 5.21. The van der Waals surface area contributed by atoms with Crippen molar-refractivity contribution in [3.05, 3.63) is 29.8 Å². The Morgan fingerprint density at radius 2 is 2.07 bits per heavy atom. The summed E-state index contributed by atoms with van der Waals surface area (Å²) in [5, 5.41) is 0. The van der Waals surface area contributed by atoms with Crippen molar-refractivity contribution < 1.29 is 4.74 Å². The Labute approximate surface area is 86.1 Å². The molecular weight excluding hydrogens is 174 g/mol. The minimum absolute atomic E-state index is 0.545. The maximum Gasteiger partial charge on any atom is 0.122 e. The summed E-state index contributed by atoms with van der Waals surface area (Å²) in [5.41, 5.74) is 6.69. The van der Waals surface area contributed by atoms with Gasteiger partial charge in [-0.05, 0) is 24.0 Å². The van der Waals surface area contributed by atoms with E-state index in [4.69, 9.17) is 10.5 Å². The van der Waals surface area contributed by atoms with E-state index in [0.717, 1.165) is 12.2 Å². The number of hydrogen-bond acceptors (Lipinski definition) is 2. The Kier molecular flexibility index (Phi) is 4.47. The summed E-state index contributed by atoms with van der Waals surface area (Å²) in [6, 6.07) is 8.19. The average molecular weight is 193 g/mol. The molecule has 1 atom stereocenters. The second-order valence-electron chi connectivity index (χ2n) is 3.48. The van der Waals surface area contributed by atoms with Crippen LogP contribution in [0.1, 0.15) is 31.7 Å². The van der Waals surface area contributed by atoms with Gasteiger partial charge < -0.3 is 10.5 Å². The van der Waals surface area contributed by atoms with E-state index in [1.807, 2.05) is 12.1 Å². The first-order valence-corrected chi connectivity index (χ1v) is 5.21. The Morgan fingerprint density at radius 3 is 2.71 bits per heavy atom. The molecule has 0 amide bonds. The zero-order valence-electron chi connectivity index (χ0n) is 8.99. The van der Waals surface area contributed by atoms with Crippen LogP contribution < -0.4 is 10.5 Å². The molecule has 0 aliphatic rings. The van der Waals surface area contributed by atoms with Gasteiger partial charge >= 0.3 is 0 Å². The van der Waals surface area contributed by atoms with E-state index < -0.39 is 0 Å². The molecule has 1 aromatic rings. The normalized spacial score (nSPS) is 12.5. The molecule has 2 nitrogen and oxygen atoms in total. The molecule has 0 radical (unpaired) electrons. The van der Waals surface area contributed by atoms with Gasteiger partial charge in [-0.2, -0.15) is 0 Å². The van der Waals surface area contributed by atoms with E-state index >= 15 is 0 Å². The average Bonchev–Trinajstić information content (AvgIpc) is 2.25. The summed E-state index contributed by atoms with van der Waals surface area (Å²) in [5.74, 6) is 1.52. The van der Waals surface area contributed by atoms with Crippen LogP contribution in [0.15, 0.2) is 24.3 Å². The van der Waals surface area contributed by atoms with Gasteiger partial charge in [-0.15, -0.1) is 0 Å². The van der Waals surface area contributed by atoms with Crippen molar-refractivity contribution in [2.75, 3.05) is 13.2 Å². The number of nitrogens with two attached hydrogens (primary N) is 1. The predicted octanol–water partition coefficient (Wildman–Crippen LogP) is 2.54. The van der Waals surface area contributed by atoms with Gasteiger partial charge in [-0.1, -0.05) is 32.0 Å². The largest absolute Gasteiger partial charge is 0.492 e. The molecule has 0 saturated carbocycles. The van der Waals surface area contributed by atoms with Crippen molar-refractivity contribution in [1.29, 1.82) is 0 Å². The standard InChI is InChI=1S/C12H19NO/c1-3-10(2)11-6-4-5-7-12(11)14-9-8-13/h4-7,10H,3,8-9,13H2,1-2H3. The zero-order valence-corrected chi connectivity index (χ0v) is 8.99. The maximum absolute atomic E-state index is 5.58. The third kappa shape index (κ3) is 2.74. The molecule has 1 rings (SSSR count). The number of ether oxygens (including phenoxy) is 1. The van der Waals surface area contributed by atoms with Gasteiger partial charge in [0.15, 0.2) is 0 Å². The molecule has 78 valence electrons. The van der Waals surface area contributed by atoms with Crippen molar-refractivity contribution in [3.8, 4) is 5.75 Å². The van der Waals surface area contributed by atoms with E-state index in [2.05, 4.69) is 26.0 Å². The zero-order chi connectivity index (χ0) is 10.4. The first-order chi connectivity index (χ1) is 6.79. The van der Waals surface area contributed by atoms with Gasteiger partial charge in [0.25, 0.3) is 0 Å². The molecule has 14 heavy (non-hydrogen) atoms. The van der Waals surface area contributed by atoms with E-state index in [0.29, 0.717) is 19.1 Å². The summed E-state index contributed by atoms with van der Waals surface area (Å²) in [6.45, 7) is 5.55. The minimum Gasteiger partial charge on any atom is -0.492 e. The fourth-order valence-electron chi connectivity index (χ4n) is 1.41. The lowest BCUT2D eigenvalue weighted by atomic mass is 9.98. The monoisotopic (exact) mass is 193 g/mol. The van der Waals surface area contributed by atoms with Crippen LogP contribution >= 0.6 is 0 Å². The van der Waals surface area contributed by atoms with E-state index in [9.17, 15) is 0 Å². The molecule has 0 aliphatic heterocycles. The lowest BCUT2D eigenvalue weighted by molar-refractivity contribution is 0.323. The number of para-hydroxylation sites is 1. The highest BCUT2D eigenvalue weighted by Gasteiger charge is 2.08. The highest BCUT2D eigenvalue weighted by Crippen LogP contribution is 2.28. The second kappa shape index (κ2) is 5.66. The number of rotatable bonds is 5. The molecule has 0 aliphatic carbocycles. The third-order valence-electron chi connectivity index (χ3n) is 2.44. The van der Waals surface area contributed by atoms with Crippen LogP contribution in [0, 0.1) is 0 Å². The molecule has 2 N–H and O–H groups in total. The van der Waals surface area contributed by atoms with Gasteiger partial charge in [0, 0.05) is 6.54 Å². The fourth-order valence-corrected chi connectivity index (χ4v) is 1.41. The Morgan fingerprint density at radius 1 is 1.36 bits per heavy atom. The van der Waals surface area contributed by atoms with Crippen LogP contribution in [0.2, 0.25) is 0 Å². The number of hydrogen-bond donors (Lipinski definition) is 1. The van der Waals surface area contributed by atoms with Gasteiger partial charge in [-0.25, -0.2) is 0 Å². The van der Waals surface area contributed by atoms with Crippen molar-refractivity contribution in [3.63, 3.8) is 0 Å². The fraction of sp³-hybridized carbons (Fsp3) is 0.500. The molecule has 1 unspecified atom stereocenters. The summed E-state index contributed by atoms with van der Waals surface area (Å²) in [4.78, 5) is 0. The Hall–Kier alpha value is -1.02. The third-order valence-corrected chi connectivity index (χ3v) is 2.44. The van der Waals surface area contributed by atoms with Crippen molar-refractivity contribution in [2.24, 2.45) is 5.73 Å². The maximum atomic E-state index is 5.58. The van der Waals surface area contributed by atoms with Crippen LogP contribution in [0.25, 0.3) is 0 Å². The van der Waals surface area contributed by atoms with Crippen molar-refractivity contribution in [2.45, 2.75) is 26.2 Å². The molecular formula is C12H19NO. The Bertz CT molecular complexity index is 273. The molecule has 0 aromatic heterocycles. The lowest BCUT2D eigenvalue weighted by Gasteiger charge is -2.14. The highest BCUT2D eigenvalue weighted by molar-refractivity contribution is 5.35. The van der Waals surface area contributed by atoms with E-state index in [1.54, 1.807) is 0 Å². The summed E-state index contributed by atoms with van der Waals surface area (Å²) < 4.78 is 5.58. The Balaban J connectivity index is 2.79. The highest BCUT2D eigenvalue weighted by atomic mass is 16.5. The molecule has 0 spiro atoms. The summed E-state index contributed by atoms with van der Waals surface area (Å²) in [6.07, 6.45) is 1.13. The van der Waals surface area contributed by atoms with Crippen molar-refractivity contribution in [1.82, 2.24) is 0 Å². The first kappa shape index (κ1) is 11.1. The SMILES string of the molecule is CCC(C)c1ccccc1OCCN. The topological polar surface area (TPSA) is 35.2 Å². The van der Waals surface area contributed by atoms with Crippen LogP contribution in [0.4, 0.5) is 0 Å². The molecule has 1 aromatic carbocycles. The predicted molar refractivity (Wildman–Crippen MR) is 59.7 cm³/mol. The van der Waals surface area contributed by atoms with Gasteiger partial charge in [0.05, 0.1) is 0 Å². The molecule has 0 fully saturated rings. The number of benzene rings is 1. The van der Waals surface area contributed by atoms with Crippen LogP contribution in [0.3, 0.4) is 0 Å². The van der Waals surface area contributed by atoms with Crippen molar-refractivity contribution >= 4 is 0 Å². The summed E-state index contributed by atoms with van der Waals surface area (Å²) in [7, 11) is 0. The minimum atomic E-state index is 0.545. The molecule has 0 bridgehead atoms. The molecule has 0 saturated heterocycles. The van der Waals surface area contributed by atoms with Gasteiger partial charge in [-0.3, -0.25) is 0 Å². The molecule has 0 heterocycles. The van der Waals surface area contributed by atoms with Gasteiger partial charge in [0.1, 0.15) is 12.4 Å². The smallest absolute Gasteiger partial charge is 0.122 e.